The Kier molecular flexibility index (Phi) is 13.0. The van der Waals surface area contributed by atoms with Crippen LogP contribution in [-0.2, 0) is 13.3 Å². The van der Waals surface area contributed by atoms with Crippen molar-refractivity contribution in [2.24, 2.45) is 10.2 Å². The molecule has 2 aliphatic heterocycles. The number of benzene rings is 5. The molecule has 0 fully saturated rings. The Bertz CT molecular complexity index is 3610. The van der Waals surface area contributed by atoms with Gasteiger partial charge in [0.1, 0.15) is 5.75 Å². The van der Waals surface area contributed by atoms with Crippen LogP contribution < -0.4 is 4.43 Å². The van der Waals surface area contributed by atoms with Gasteiger partial charge in [-0.1, -0.05) is 103 Å². The lowest BCUT2D eigenvalue weighted by molar-refractivity contribution is 0.00984. The molecule has 6 heterocycles. The summed E-state index contributed by atoms with van der Waals surface area (Å²) in [6.07, 6.45) is 11.8. The van der Waals surface area contributed by atoms with E-state index in [9.17, 15) is 0 Å². The molecule has 9 aromatic rings. The Labute approximate surface area is 418 Å². The molecule has 4 aromatic heterocycles. The number of nitrogens with zero attached hydrogens (tertiary/aromatic N) is 5. The zero-order valence-corrected chi connectivity index (χ0v) is 41.0. The molecule has 0 spiro atoms. The van der Waals surface area contributed by atoms with E-state index in [1.165, 1.54) is 0 Å². The predicted molar refractivity (Wildman–Crippen MR) is 290 cm³/mol. The molecule has 354 valence electrons. The molecular formula is C59H50N8O4Si. The molecule has 0 aliphatic carbocycles. The minimum Gasteiger partial charge on any atom is -0.479 e. The summed E-state index contributed by atoms with van der Waals surface area (Å²) in [6.45, 7) is 6.75. The van der Waals surface area contributed by atoms with E-state index in [4.69, 9.17) is 37.9 Å². The van der Waals surface area contributed by atoms with Gasteiger partial charge in [0.05, 0.1) is 52.4 Å². The van der Waals surface area contributed by atoms with Crippen molar-refractivity contribution in [2.45, 2.75) is 20.8 Å². The minimum atomic E-state index is -3.54. The average molecular weight is 963 g/mol. The molecule has 13 heteroatoms. The topological polar surface area (TPSA) is 148 Å². The van der Waals surface area contributed by atoms with Gasteiger partial charge >= 0.3 is 9.05 Å². The largest absolute Gasteiger partial charge is 0.749 e. The van der Waals surface area contributed by atoms with Crippen LogP contribution in [0.25, 0.3) is 102 Å². The molecule has 3 N–H and O–H groups in total. The number of H-pyrrole nitrogens is 3. The smallest absolute Gasteiger partial charge is 0.479 e. The summed E-state index contributed by atoms with van der Waals surface area (Å²) in [5, 5.41) is 9.56. The Hall–Kier alpha value is -8.59. The van der Waals surface area contributed by atoms with Crippen LogP contribution in [0.15, 0.2) is 180 Å². The summed E-state index contributed by atoms with van der Waals surface area (Å²) in [5.74, 6) is 0.507. The first-order chi connectivity index (χ1) is 35.5. The van der Waals surface area contributed by atoms with E-state index in [2.05, 4.69) is 147 Å². The van der Waals surface area contributed by atoms with Crippen LogP contribution in [0.3, 0.4) is 0 Å². The van der Waals surface area contributed by atoms with Gasteiger partial charge in [0.15, 0.2) is 0 Å². The van der Waals surface area contributed by atoms with E-state index in [0.29, 0.717) is 42.5 Å². The Morgan fingerprint density at radius 2 is 0.889 bits per heavy atom. The van der Waals surface area contributed by atoms with E-state index < -0.39 is 9.05 Å². The number of azo groups is 1. The van der Waals surface area contributed by atoms with Crippen molar-refractivity contribution in [3.63, 3.8) is 0 Å². The highest BCUT2D eigenvalue weighted by Crippen LogP contribution is 2.40. The maximum absolute atomic E-state index is 6.51. The SMILES string of the molecule is CCO[Si](OCC)(OCC)Oc1ccc(N=Nc2cccc(-c3c4nc(c(-c5ccccc5)c5ccc([nH]5)c(-c5ccccc5)c5nc(c(-c6ccccc6)c6ccc3[nH]6)C=C5)C=C4)c2)cc1-c1cnc[nH]1. The minimum absolute atomic E-state index is 0.362. The van der Waals surface area contributed by atoms with Crippen molar-refractivity contribution >= 4 is 66.8 Å². The van der Waals surface area contributed by atoms with Gasteiger partial charge in [-0.25, -0.2) is 15.0 Å². The molecule has 0 unspecified atom stereocenters. The monoisotopic (exact) mass is 962 g/mol. The van der Waals surface area contributed by atoms with Crippen molar-refractivity contribution in [3.8, 4) is 61.5 Å². The lowest BCUT2D eigenvalue weighted by Gasteiger charge is -2.28. The van der Waals surface area contributed by atoms with E-state index in [0.717, 1.165) is 95.0 Å². The van der Waals surface area contributed by atoms with E-state index in [1.54, 1.807) is 12.5 Å². The molecule has 0 saturated carbocycles. The third kappa shape index (κ3) is 9.28. The first-order valence-corrected chi connectivity index (χ1v) is 25.7. The number of fused-ring (bicyclic) bond motifs is 8. The molecular weight excluding hydrogens is 913 g/mol. The summed E-state index contributed by atoms with van der Waals surface area (Å²) in [7, 11) is -3.54. The number of imidazole rings is 1. The van der Waals surface area contributed by atoms with Crippen molar-refractivity contribution in [1.82, 2.24) is 29.9 Å². The van der Waals surface area contributed by atoms with Gasteiger partial charge in [-0.3, -0.25) is 0 Å². The van der Waals surface area contributed by atoms with Crippen molar-refractivity contribution in [3.05, 3.63) is 193 Å². The summed E-state index contributed by atoms with van der Waals surface area (Å²) in [6, 6.07) is 53.4. The van der Waals surface area contributed by atoms with Crippen molar-refractivity contribution in [1.29, 1.82) is 0 Å². The van der Waals surface area contributed by atoms with Gasteiger partial charge in [-0.05, 0) is 122 Å². The van der Waals surface area contributed by atoms with Crippen LogP contribution in [0.1, 0.15) is 43.5 Å². The van der Waals surface area contributed by atoms with Crippen LogP contribution in [0.2, 0.25) is 0 Å². The highest BCUT2D eigenvalue weighted by atomic mass is 28.4. The van der Waals surface area contributed by atoms with Crippen LogP contribution >= 0.6 is 0 Å². The van der Waals surface area contributed by atoms with Crippen LogP contribution in [0.4, 0.5) is 11.4 Å². The number of aromatic nitrogens is 6. The van der Waals surface area contributed by atoms with Gasteiger partial charge in [0, 0.05) is 69.7 Å². The standard InChI is InChI=1S/C59H50N8O4Si/c1-4-68-72(69-5-2,70-6-3)71-55-34-25-44(36-45(55)54-37-60-38-61-54)67-66-43-24-16-23-42(35-43)59-52-32-30-50(64-52)57(40-19-12-8-13-20-40)48-28-26-46(62-48)56(39-17-10-7-11-18-39)47-27-29-49(63-47)58(41-21-14-9-15-22-41)51-31-33-53(59)65-51/h7-38,62,65H,4-6H2,1-3H3,(H,60,61). The normalized spacial score (nSPS) is 12.3. The van der Waals surface area contributed by atoms with Crippen molar-refractivity contribution < 1.29 is 17.7 Å². The Morgan fingerprint density at radius 1 is 0.458 bits per heavy atom. The summed E-state index contributed by atoms with van der Waals surface area (Å²) >= 11 is 0. The zero-order valence-electron chi connectivity index (χ0n) is 40.0. The fraction of sp³-hybridized carbons (Fsp3) is 0.102. The average Bonchev–Trinajstić information content (AvgIpc) is 4.29. The second-order valence-corrected chi connectivity index (χ2v) is 19.0. The first-order valence-electron chi connectivity index (χ1n) is 24.1. The van der Waals surface area contributed by atoms with Gasteiger partial charge in [0.25, 0.3) is 0 Å². The lowest BCUT2D eigenvalue weighted by Crippen LogP contribution is -2.52. The predicted octanol–water partition coefficient (Wildman–Crippen LogP) is 15.1. The number of hydrogen-bond donors (Lipinski definition) is 3. The first kappa shape index (κ1) is 45.8. The Balaban J connectivity index is 1.09. The lowest BCUT2D eigenvalue weighted by atomic mass is 10.0. The highest BCUT2D eigenvalue weighted by molar-refractivity contribution is 6.54. The second-order valence-electron chi connectivity index (χ2n) is 16.9. The number of nitrogens with one attached hydrogen (secondary N) is 3. The maximum atomic E-state index is 6.51. The number of hydrogen-bond acceptors (Lipinski definition) is 9. The fourth-order valence-corrected chi connectivity index (χ4v) is 11.2. The summed E-state index contributed by atoms with van der Waals surface area (Å²) in [5.41, 5.74) is 17.6. The number of aromatic amines is 3. The molecule has 0 saturated heterocycles. The van der Waals surface area contributed by atoms with Gasteiger partial charge in [0.2, 0.25) is 0 Å². The summed E-state index contributed by atoms with van der Waals surface area (Å²) in [4.78, 5) is 26.0. The zero-order chi connectivity index (χ0) is 48.9. The van der Waals surface area contributed by atoms with Gasteiger partial charge in [-0.2, -0.15) is 10.2 Å². The maximum Gasteiger partial charge on any atom is 0.749 e. The molecule has 11 rings (SSSR count). The molecule has 72 heavy (non-hydrogen) atoms. The number of rotatable bonds is 15. The quantitative estimate of drug-likeness (QED) is 0.0684. The third-order valence-corrected chi connectivity index (χ3v) is 14.7. The Morgan fingerprint density at radius 3 is 1.32 bits per heavy atom. The molecule has 2 aliphatic rings. The molecule has 5 aromatic carbocycles. The van der Waals surface area contributed by atoms with E-state index in [1.807, 2.05) is 75.4 Å². The molecule has 0 amide bonds. The van der Waals surface area contributed by atoms with E-state index in [-0.39, 0.29) is 0 Å². The molecule has 8 bridgehead atoms. The van der Waals surface area contributed by atoms with E-state index >= 15 is 0 Å². The third-order valence-electron chi connectivity index (χ3n) is 12.3. The van der Waals surface area contributed by atoms with Crippen LogP contribution in [-0.4, -0.2) is 58.8 Å². The van der Waals surface area contributed by atoms with Crippen LogP contribution in [0.5, 0.6) is 5.75 Å². The van der Waals surface area contributed by atoms with Gasteiger partial charge < -0.3 is 32.7 Å². The highest BCUT2D eigenvalue weighted by Gasteiger charge is 2.48. The van der Waals surface area contributed by atoms with Crippen molar-refractivity contribution in [2.75, 3.05) is 19.8 Å². The second kappa shape index (κ2) is 20.4. The molecule has 0 atom stereocenters. The molecule has 0 radical (unpaired) electrons. The van der Waals surface area contributed by atoms with Gasteiger partial charge in [-0.15, -0.1) is 0 Å². The molecule has 12 nitrogen and oxygen atoms in total. The van der Waals surface area contributed by atoms with Crippen LogP contribution in [0, 0.1) is 0 Å². The summed E-state index contributed by atoms with van der Waals surface area (Å²) < 4.78 is 24.6. The fourth-order valence-electron chi connectivity index (χ4n) is 9.24.